The van der Waals surface area contributed by atoms with Crippen LogP contribution in [0, 0.1) is 6.92 Å². The van der Waals surface area contributed by atoms with Crippen LogP contribution in [0.1, 0.15) is 11.1 Å². The number of anilines is 2. The van der Waals surface area contributed by atoms with Crippen molar-refractivity contribution in [2.75, 3.05) is 16.8 Å². The maximum atomic E-state index is 13.3. The fraction of sp³-hybridized carbons (Fsp3) is 0.0952. The molecular formula is C21H15N5O3S. The molecule has 0 fully saturated rings. The van der Waals surface area contributed by atoms with Crippen LogP contribution in [0.3, 0.4) is 0 Å². The zero-order valence-corrected chi connectivity index (χ0v) is 16.6. The SMILES string of the molecule is Cc1ccc(NC(=O)CN2C(=O)C(=c3sc4ncnn4c3=O)c3ccccc32)cc1. The smallest absolute Gasteiger partial charge is 0.291 e. The van der Waals surface area contributed by atoms with Crippen molar-refractivity contribution < 1.29 is 9.59 Å². The van der Waals surface area contributed by atoms with Crippen LogP contribution in [-0.2, 0) is 9.59 Å². The van der Waals surface area contributed by atoms with E-state index in [1.807, 2.05) is 31.2 Å². The van der Waals surface area contributed by atoms with E-state index in [0.717, 1.165) is 16.9 Å². The molecule has 0 bridgehead atoms. The summed E-state index contributed by atoms with van der Waals surface area (Å²) in [6.07, 6.45) is 1.30. The van der Waals surface area contributed by atoms with Crippen molar-refractivity contribution in [3.8, 4) is 0 Å². The molecule has 9 heteroatoms. The summed E-state index contributed by atoms with van der Waals surface area (Å²) in [6.45, 7) is 1.80. The van der Waals surface area contributed by atoms with E-state index in [0.29, 0.717) is 21.9 Å². The number of fused-ring (bicyclic) bond motifs is 2. The number of amides is 2. The summed E-state index contributed by atoms with van der Waals surface area (Å²) in [5, 5.41) is 6.72. The predicted octanol–water partition coefficient (Wildman–Crippen LogP) is 1.36. The zero-order valence-electron chi connectivity index (χ0n) is 15.8. The molecular weight excluding hydrogens is 402 g/mol. The largest absolute Gasteiger partial charge is 0.325 e. The summed E-state index contributed by atoms with van der Waals surface area (Å²) in [5.41, 5.74) is 2.83. The highest BCUT2D eigenvalue weighted by molar-refractivity contribution is 7.15. The summed E-state index contributed by atoms with van der Waals surface area (Å²) >= 11 is 1.11. The van der Waals surface area contributed by atoms with Gasteiger partial charge in [-0.15, -0.1) is 0 Å². The molecule has 2 aromatic heterocycles. The van der Waals surface area contributed by atoms with E-state index >= 15 is 0 Å². The molecule has 148 valence electrons. The lowest BCUT2D eigenvalue weighted by Gasteiger charge is -2.16. The number of nitrogens with zero attached hydrogens (tertiary/aromatic N) is 4. The van der Waals surface area contributed by atoms with Gasteiger partial charge in [0.2, 0.25) is 10.9 Å². The number of nitrogens with one attached hydrogen (secondary N) is 1. The van der Waals surface area contributed by atoms with Crippen molar-refractivity contribution >= 4 is 45.1 Å². The van der Waals surface area contributed by atoms with E-state index in [-0.39, 0.29) is 22.6 Å². The number of hydrogen-bond donors (Lipinski definition) is 1. The molecule has 2 amide bonds. The first kappa shape index (κ1) is 18.2. The van der Waals surface area contributed by atoms with Crippen LogP contribution in [0.5, 0.6) is 0 Å². The van der Waals surface area contributed by atoms with Crippen molar-refractivity contribution in [2.24, 2.45) is 0 Å². The second-order valence-electron chi connectivity index (χ2n) is 6.89. The molecule has 5 rings (SSSR count). The second kappa shape index (κ2) is 6.89. The highest BCUT2D eigenvalue weighted by atomic mass is 32.1. The van der Waals surface area contributed by atoms with Crippen LogP contribution < -0.4 is 20.3 Å². The first-order chi connectivity index (χ1) is 14.5. The fourth-order valence-corrected chi connectivity index (χ4v) is 4.44. The van der Waals surface area contributed by atoms with E-state index in [9.17, 15) is 14.4 Å². The summed E-state index contributed by atoms with van der Waals surface area (Å²) in [6, 6.07) is 14.5. The first-order valence-electron chi connectivity index (χ1n) is 9.17. The molecule has 3 heterocycles. The Bertz CT molecular complexity index is 1420. The number of benzene rings is 2. The Hall–Kier alpha value is -3.85. The zero-order chi connectivity index (χ0) is 20.8. The maximum Gasteiger partial charge on any atom is 0.291 e. The Labute approximate surface area is 174 Å². The van der Waals surface area contributed by atoms with Gasteiger partial charge in [0.25, 0.3) is 11.5 Å². The van der Waals surface area contributed by atoms with Crippen molar-refractivity contribution in [2.45, 2.75) is 6.92 Å². The lowest BCUT2D eigenvalue weighted by atomic mass is 10.1. The van der Waals surface area contributed by atoms with E-state index < -0.39 is 11.5 Å². The molecule has 1 aliphatic rings. The lowest BCUT2D eigenvalue weighted by Crippen LogP contribution is -2.37. The van der Waals surface area contributed by atoms with Gasteiger partial charge in [-0.1, -0.05) is 47.2 Å². The monoisotopic (exact) mass is 417 g/mol. The molecule has 0 radical (unpaired) electrons. The molecule has 0 atom stereocenters. The van der Waals surface area contributed by atoms with Crippen molar-refractivity contribution in [3.63, 3.8) is 0 Å². The average Bonchev–Trinajstić information content (AvgIpc) is 3.39. The van der Waals surface area contributed by atoms with Crippen LogP contribution in [0.15, 0.2) is 59.7 Å². The van der Waals surface area contributed by atoms with Gasteiger partial charge in [-0.2, -0.15) is 9.61 Å². The van der Waals surface area contributed by atoms with Crippen LogP contribution in [0.4, 0.5) is 11.4 Å². The number of carbonyl (C=O) groups excluding carboxylic acids is 2. The summed E-state index contributed by atoms with van der Waals surface area (Å²) in [4.78, 5) is 44.5. The molecule has 0 aliphatic carbocycles. The lowest BCUT2D eigenvalue weighted by molar-refractivity contribution is -0.118. The molecule has 30 heavy (non-hydrogen) atoms. The Morgan fingerprint density at radius 2 is 1.87 bits per heavy atom. The van der Waals surface area contributed by atoms with Crippen LogP contribution in [-0.4, -0.2) is 33.0 Å². The van der Waals surface area contributed by atoms with Crippen LogP contribution in [0.2, 0.25) is 0 Å². The maximum absolute atomic E-state index is 13.3. The predicted molar refractivity (Wildman–Crippen MR) is 113 cm³/mol. The minimum Gasteiger partial charge on any atom is -0.325 e. The van der Waals surface area contributed by atoms with E-state index in [4.69, 9.17) is 0 Å². The number of hydrogen-bond acceptors (Lipinski definition) is 6. The van der Waals surface area contributed by atoms with E-state index in [1.54, 1.807) is 24.3 Å². The summed E-state index contributed by atoms with van der Waals surface area (Å²) in [7, 11) is 0. The normalized spacial score (nSPS) is 15.0. The number of thiazole rings is 1. The highest BCUT2D eigenvalue weighted by Gasteiger charge is 2.35. The van der Waals surface area contributed by atoms with Crippen molar-refractivity contribution in [1.82, 2.24) is 14.6 Å². The van der Waals surface area contributed by atoms with Crippen molar-refractivity contribution in [1.29, 1.82) is 0 Å². The Morgan fingerprint density at radius 1 is 1.10 bits per heavy atom. The Balaban J connectivity index is 1.54. The quantitative estimate of drug-likeness (QED) is 0.543. The van der Waals surface area contributed by atoms with Gasteiger partial charge in [0.15, 0.2) is 0 Å². The number of rotatable bonds is 3. The Morgan fingerprint density at radius 3 is 2.63 bits per heavy atom. The number of aryl methyl sites for hydroxylation is 1. The van der Waals surface area contributed by atoms with Gasteiger partial charge >= 0.3 is 0 Å². The van der Waals surface area contributed by atoms with Crippen LogP contribution >= 0.6 is 11.3 Å². The molecule has 1 aliphatic heterocycles. The third-order valence-corrected chi connectivity index (χ3v) is 5.93. The minimum atomic E-state index is -0.392. The third-order valence-electron chi connectivity index (χ3n) is 4.88. The second-order valence-corrected chi connectivity index (χ2v) is 7.87. The standard InChI is InChI=1S/C21H15N5O3S/c1-12-6-8-13(9-7-12)24-16(27)10-25-15-5-3-2-4-14(15)17(19(25)28)18-20(29)26-21(30-18)22-11-23-26/h2-9,11H,10H2,1H3,(H,24,27). The van der Waals surface area contributed by atoms with Gasteiger partial charge < -0.3 is 5.32 Å². The summed E-state index contributed by atoms with van der Waals surface area (Å²) in [5.74, 6) is -0.717. The van der Waals surface area contributed by atoms with Crippen LogP contribution in [0.25, 0.3) is 10.5 Å². The number of para-hydroxylation sites is 1. The number of aromatic nitrogens is 3. The van der Waals surface area contributed by atoms with E-state index in [1.165, 1.54) is 15.7 Å². The first-order valence-corrected chi connectivity index (χ1v) is 9.99. The molecule has 2 aromatic carbocycles. The number of carbonyl (C=O) groups is 2. The highest BCUT2D eigenvalue weighted by Crippen LogP contribution is 2.35. The van der Waals surface area contributed by atoms with E-state index in [2.05, 4.69) is 15.4 Å². The molecule has 0 saturated carbocycles. The topological polar surface area (TPSA) is 96.7 Å². The third kappa shape index (κ3) is 2.87. The molecule has 8 nitrogen and oxygen atoms in total. The molecule has 1 N–H and O–H groups in total. The molecule has 4 aromatic rings. The van der Waals surface area contributed by atoms with Gasteiger partial charge in [0.05, 0.1) is 11.3 Å². The Kier molecular flexibility index (Phi) is 4.18. The van der Waals surface area contributed by atoms with Gasteiger partial charge in [-0.3, -0.25) is 19.3 Å². The average molecular weight is 417 g/mol. The fourth-order valence-electron chi connectivity index (χ4n) is 3.47. The van der Waals surface area contributed by atoms with Gasteiger partial charge in [-0.05, 0) is 25.1 Å². The molecule has 0 saturated heterocycles. The van der Waals surface area contributed by atoms with Gasteiger partial charge in [0.1, 0.15) is 17.4 Å². The molecule has 0 spiro atoms. The molecule has 0 unspecified atom stereocenters. The summed E-state index contributed by atoms with van der Waals surface area (Å²) < 4.78 is 1.44. The minimum absolute atomic E-state index is 0.165. The van der Waals surface area contributed by atoms with Gasteiger partial charge in [0, 0.05) is 11.3 Å². The van der Waals surface area contributed by atoms with Gasteiger partial charge in [-0.25, -0.2) is 4.98 Å². The van der Waals surface area contributed by atoms with Crippen molar-refractivity contribution in [3.05, 3.63) is 80.9 Å².